The molecule has 1 aliphatic rings. The van der Waals surface area contributed by atoms with Gasteiger partial charge in [0.1, 0.15) is 30.1 Å². The minimum Gasteiger partial charge on any atom is -0.497 e. The molecule has 4 N–H and O–H groups in total. The molecule has 37 heavy (non-hydrogen) atoms. The number of amides is 5. The highest BCUT2D eigenvalue weighted by molar-refractivity contribution is 6.02. The Labute approximate surface area is 214 Å². The molecule has 0 aliphatic carbocycles. The minimum atomic E-state index is -1.23. The van der Waals surface area contributed by atoms with Crippen molar-refractivity contribution in [1.29, 1.82) is 0 Å². The third-order valence-corrected chi connectivity index (χ3v) is 5.75. The number of nitrogens with one attached hydrogen (secondary N) is 4. The van der Waals surface area contributed by atoms with Crippen LogP contribution in [-0.2, 0) is 19.1 Å². The lowest BCUT2D eigenvalue weighted by Crippen LogP contribution is -2.55. The van der Waals surface area contributed by atoms with Crippen molar-refractivity contribution in [3.8, 4) is 16.9 Å². The monoisotopic (exact) mass is 513 g/mol. The first-order valence-corrected chi connectivity index (χ1v) is 11.7. The molecule has 12 nitrogen and oxygen atoms in total. The van der Waals surface area contributed by atoms with Crippen molar-refractivity contribution in [2.24, 2.45) is 5.92 Å². The fourth-order valence-corrected chi connectivity index (χ4v) is 3.86. The molecule has 1 aliphatic heterocycles. The molecule has 5 amide bonds. The van der Waals surface area contributed by atoms with E-state index in [0.29, 0.717) is 12.2 Å². The highest BCUT2D eigenvalue weighted by Crippen LogP contribution is 2.23. The molecule has 2 atom stereocenters. The van der Waals surface area contributed by atoms with Crippen LogP contribution in [0.4, 0.5) is 4.79 Å². The number of esters is 1. The number of urea groups is 1. The topological polar surface area (TPSA) is 159 Å². The van der Waals surface area contributed by atoms with E-state index in [2.05, 4.69) is 20.9 Å². The predicted octanol–water partition coefficient (Wildman–Crippen LogP) is 1.04. The van der Waals surface area contributed by atoms with Gasteiger partial charge in [0, 0.05) is 6.20 Å². The number of aromatic amines is 1. The van der Waals surface area contributed by atoms with Gasteiger partial charge in [0.05, 0.1) is 20.8 Å². The van der Waals surface area contributed by atoms with Gasteiger partial charge in [-0.25, -0.2) is 9.59 Å². The van der Waals surface area contributed by atoms with Gasteiger partial charge < -0.3 is 30.0 Å². The van der Waals surface area contributed by atoms with Gasteiger partial charge in [0.2, 0.25) is 11.8 Å². The van der Waals surface area contributed by atoms with Gasteiger partial charge in [-0.3, -0.25) is 19.7 Å². The number of rotatable bonds is 11. The second-order valence-corrected chi connectivity index (χ2v) is 9.00. The fourth-order valence-electron chi connectivity index (χ4n) is 3.86. The van der Waals surface area contributed by atoms with E-state index in [1.54, 1.807) is 19.4 Å². The first-order chi connectivity index (χ1) is 17.6. The zero-order valence-electron chi connectivity index (χ0n) is 21.1. The molecule has 1 fully saturated rings. The number of nitrogens with zero attached hydrogens (tertiary/aromatic N) is 1. The van der Waals surface area contributed by atoms with E-state index >= 15 is 0 Å². The van der Waals surface area contributed by atoms with Gasteiger partial charge >= 0.3 is 12.0 Å². The summed E-state index contributed by atoms with van der Waals surface area (Å²) in [7, 11) is 2.73. The Hall–Kier alpha value is -4.35. The first-order valence-electron chi connectivity index (χ1n) is 11.7. The van der Waals surface area contributed by atoms with Crippen molar-refractivity contribution < 1.29 is 33.4 Å². The summed E-state index contributed by atoms with van der Waals surface area (Å²) in [6.45, 7) is 3.28. The summed E-state index contributed by atoms with van der Waals surface area (Å²) in [6, 6.07) is 6.14. The number of hydrogen-bond acceptors (Lipinski definition) is 7. The number of H-pyrrole nitrogens is 1. The van der Waals surface area contributed by atoms with Crippen LogP contribution in [0.25, 0.3) is 11.1 Å². The third kappa shape index (κ3) is 7.09. The maximum absolute atomic E-state index is 13.1. The van der Waals surface area contributed by atoms with Crippen molar-refractivity contribution in [3.05, 3.63) is 42.2 Å². The van der Waals surface area contributed by atoms with Crippen molar-refractivity contribution >= 4 is 29.7 Å². The molecule has 198 valence electrons. The molecule has 0 bridgehead atoms. The minimum absolute atomic E-state index is 0.0353. The normalized spacial score (nSPS) is 14.7. The lowest BCUT2D eigenvalue weighted by Gasteiger charge is -2.25. The number of methoxy groups -OCH3 is 2. The van der Waals surface area contributed by atoms with Gasteiger partial charge in [-0.1, -0.05) is 26.0 Å². The molecule has 0 radical (unpaired) electrons. The molecule has 1 aromatic carbocycles. The largest absolute Gasteiger partial charge is 0.497 e. The van der Waals surface area contributed by atoms with Gasteiger partial charge in [-0.2, -0.15) is 0 Å². The van der Waals surface area contributed by atoms with Crippen LogP contribution in [0.3, 0.4) is 0 Å². The van der Waals surface area contributed by atoms with E-state index in [-0.39, 0.29) is 24.7 Å². The zero-order chi connectivity index (χ0) is 27.1. The molecule has 2 heterocycles. The first kappa shape index (κ1) is 27.2. The maximum Gasteiger partial charge on any atom is 0.330 e. The van der Waals surface area contributed by atoms with Crippen molar-refractivity contribution in [2.45, 2.75) is 32.4 Å². The van der Waals surface area contributed by atoms with E-state index in [4.69, 9.17) is 9.47 Å². The van der Waals surface area contributed by atoms with E-state index in [0.717, 1.165) is 23.1 Å². The van der Waals surface area contributed by atoms with Gasteiger partial charge in [0.25, 0.3) is 5.91 Å². The molecule has 0 spiro atoms. The summed E-state index contributed by atoms with van der Waals surface area (Å²) in [5.41, 5.74) is 1.91. The van der Waals surface area contributed by atoms with Crippen LogP contribution in [0.1, 0.15) is 30.8 Å². The lowest BCUT2D eigenvalue weighted by molar-refractivity contribution is -0.145. The number of ether oxygens (including phenoxy) is 2. The molecule has 0 saturated carbocycles. The highest BCUT2D eigenvalue weighted by Gasteiger charge is 2.34. The van der Waals surface area contributed by atoms with Gasteiger partial charge in [-0.15, -0.1) is 0 Å². The van der Waals surface area contributed by atoms with Crippen LogP contribution in [0.5, 0.6) is 5.75 Å². The summed E-state index contributed by atoms with van der Waals surface area (Å²) >= 11 is 0. The van der Waals surface area contributed by atoms with Crippen molar-refractivity contribution in [3.63, 3.8) is 0 Å². The van der Waals surface area contributed by atoms with Crippen LogP contribution < -0.4 is 20.7 Å². The Bertz CT molecular complexity index is 1160. The molecule has 2 unspecified atom stereocenters. The molecule has 2 aromatic rings. The summed E-state index contributed by atoms with van der Waals surface area (Å²) in [4.78, 5) is 65.8. The van der Waals surface area contributed by atoms with E-state index in [9.17, 15) is 24.0 Å². The number of carbonyl (C=O) groups is 5. The Morgan fingerprint density at radius 1 is 1.03 bits per heavy atom. The molecular weight excluding hydrogens is 482 g/mol. The number of aromatic nitrogens is 1. The Morgan fingerprint density at radius 3 is 2.30 bits per heavy atom. The quantitative estimate of drug-likeness (QED) is 0.258. The van der Waals surface area contributed by atoms with Crippen LogP contribution in [-0.4, -0.2) is 79.0 Å². The van der Waals surface area contributed by atoms with Crippen molar-refractivity contribution in [2.75, 3.05) is 27.3 Å². The summed E-state index contributed by atoms with van der Waals surface area (Å²) in [5.74, 6) is -1.67. The van der Waals surface area contributed by atoms with Gasteiger partial charge in [0.15, 0.2) is 0 Å². The standard InChI is InChI=1S/C25H31N5O7/c1-14(2)9-19(23(33)28-20(24(34)37-4)12-30-13-21(31)29-25(30)35)27-22(32)18-10-16(11-26-18)15-5-7-17(36-3)8-6-15/h5-8,10-11,14,19-20,26H,9,12-13H2,1-4H3,(H,27,32)(H,28,33)(H,29,31,35). The molecule has 1 aromatic heterocycles. The van der Waals surface area contributed by atoms with Gasteiger partial charge in [-0.05, 0) is 41.7 Å². The van der Waals surface area contributed by atoms with Crippen LogP contribution >= 0.6 is 0 Å². The smallest absolute Gasteiger partial charge is 0.330 e. The second-order valence-electron chi connectivity index (χ2n) is 9.00. The average molecular weight is 514 g/mol. The zero-order valence-corrected chi connectivity index (χ0v) is 21.1. The maximum atomic E-state index is 13.1. The van der Waals surface area contributed by atoms with E-state index < -0.39 is 41.8 Å². The average Bonchev–Trinajstić information content (AvgIpc) is 3.48. The fraction of sp³-hybridized carbons (Fsp3) is 0.400. The second kappa shape index (κ2) is 12.1. The van der Waals surface area contributed by atoms with Crippen molar-refractivity contribution in [1.82, 2.24) is 25.8 Å². The highest BCUT2D eigenvalue weighted by atomic mass is 16.5. The molecular formula is C25H31N5O7. The SMILES string of the molecule is COC(=O)C(CN1CC(=O)NC1=O)NC(=O)C(CC(C)C)NC(=O)c1cc(-c2ccc(OC)cc2)c[nH]1. The van der Waals surface area contributed by atoms with Crippen LogP contribution in [0, 0.1) is 5.92 Å². The lowest BCUT2D eigenvalue weighted by atomic mass is 10.0. The summed E-state index contributed by atoms with van der Waals surface area (Å²) in [6.07, 6.45) is 1.98. The summed E-state index contributed by atoms with van der Waals surface area (Å²) < 4.78 is 9.93. The predicted molar refractivity (Wildman–Crippen MR) is 133 cm³/mol. The number of benzene rings is 1. The number of hydrogen-bond donors (Lipinski definition) is 4. The number of carbonyl (C=O) groups excluding carboxylic acids is 5. The summed E-state index contributed by atoms with van der Waals surface area (Å²) in [5, 5.41) is 7.38. The van der Waals surface area contributed by atoms with Crippen LogP contribution in [0.2, 0.25) is 0 Å². The molecule has 3 rings (SSSR count). The van der Waals surface area contributed by atoms with Crippen LogP contribution in [0.15, 0.2) is 36.5 Å². The molecule has 12 heteroatoms. The number of imide groups is 1. The Kier molecular flexibility index (Phi) is 8.88. The molecule has 1 saturated heterocycles. The Morgan fingerprint density at radius 2 is 1.73 bits per heavy atom. The van der Waals surface area contributed by atoms with E-state index in [1.165, 1.54) is 0 Å². The third-order valence-electron chi connectivity index (χ3n) is 5.75. The Balaban J connectivity index is 1.71. The van der Waals surface area contributed by atoms with E-state index in [1.807, 2.05) is 38.1 Å².